The Hall–Kier alpha value is -1.31. The van der Waals surface area contributed by atoms with Crippen LogP contribution in [0.25, 0.3) is 0 Å². The smallest absolute Gasteiger partial charge is 0.401 e. The molecule has 0 aliphatic heterocycles. The molecule has 3 N–H and O–H groups in total. The molecule has 17 heavy (non-hydrogen) atoms. The van der Waals surface area contributed by atoms with Crippen molar-refractivity contribution >= 4 is 11.9 Å². The van der Waals surface area contributed by atoms with Crippen molar-refractivity contribution in [3.05, 3.63) is 0 Å². The van der Waals surface area contributed by atoms with E-state index in [2.05, 4.69) is 5.32 Å². The lowest BCUT2D eigenvalue weighted by Gasteiger charge is -2.15. The zero-order valence-electron chi connectivity index (χ0n) is 9.30. The van der Waals surface area contributed by atoms with Gasteiger partial charge in [-0.25, -0.2) is 0 Å². The number of carboxylic acid groups (broad SMARTS) is 1. The largest absolute Gasteiger partial charge is 0.481 e. The third-order valence-corrected chi connectivity index (χ3v) is 1.89. The molecule has 1 unspecified atom stereocenters. The molecule has 0 aromatic carbocycles. The zero-order valence-corrected chi connectivity index (χ0v) is 9.30. The first-order chi connectivity index (χ1) is 7.74. The molecule has 0 aromatic heterocycles. The van der Waals surface area contributed by atoms with E-state index >= 15 is 0 Å². The second-order valence-electron chi connectivity index (χ2n) is 3.49. The van der Waals surface area contributed by atoms with E-state index in [1.54, 1.807) is 6.92 Å². The van der Waals surface area contributed by atoms with Crippen molar-refractivity contribution in [2.75, 3.05) is 13.1 Å². The van der Waals surface area contributed by atoms with E-state index < -0.39 is 37.2 Å². The van der Waals surface area contributed by atoms with Crippen LogP contribution in [0, 0.1) is 0 Å². The van der Waals surface area contributed by atoms with Gasteiger partial charge in [0.2, 0.25) is 5.91 Å². The fourth-order valence-corrected chi connectivity index (χ4v) is 1.10. The van der Waals surface area contributed by atoms with Crippen molar-refractivity contribution in [1.82, 2.24) is 10.6 Å². The molecule has 0 rings (SSSR count). The van der Waals surface area contributed by atoms with Crippen molar-refractivity contribution < 1.29 is 27.9 Å². The molecular weight excluding hydrogens is 241 g/mol. The third-order valence-electron chi connectivity index (χ3n) is 1.89. The van der Waals surface area contributed by atoms with Crippen LogP contribution in [0.1, 0.15) is 19.8 Å². The van der Waals surface area contributed by atoms with Gasteiger partial charge in [-0.05, 0) is 6.42 Å². The second kappa shape index (κ2) is 7.10. The molecule has 0 radical (unpaired) electrons. The van der Waals surface area contributed by atoms with Gasteiger partial charge >= 0.3 is 12.1 Å². The Morgan fingerprint density at radius 3 is 2.35 bits per heavy atom. The molecule has 8 heteroatoms. The van der Waals surface area contributed by atoms with E-state index in [1.165, 1.54) is 0 Å². The van der Waals surface area contributed by atoms with Crippen LogP contribution >= 0.6 is 0 Å². The maximum absolute atomic E-state index is 11.7. The highest BCUT2D eigenvalue weighted by Gasteiger charge is 2.26. The van der Waals surface area contributed by atoms with Gasteiger partial charge in [-0.3, -0.25) is 9.59 Å². The first-order valence-electron chi connectivity index (χ1n) is 5.03. The maximum Gasteiger partial charge on any atom is 0.401 e. The zero-order chi connectivity index (χ0) is 13.5. The summed E-state index contributed by atoms with van der Waals surface area (Å²) >= 11 is 0. The molecule has 0 saturated heterocycles. The van der Waals surface area contributed by atoms with Crippen molar-refractivity contribution in [1.29, 1.82) is 0 Å². The van der Waals surface area contributed by atoms with Crippen LogP contribution < -0.4 is 10.6 Å². The Labute approximate surface area is 96.4 Å². The van der Waals surface area contributed by atoms with Crippen LogP contribution in [-0.4, -0.2) is 42.3 Å². The number of aliphatic carboxylic acids is 1. The van der Waals surface area contributed by atoms with Gasteiger partial charge in [0.25, 0.3) is 0 Å². The molecule has 0 aliphatic carbocycles. The summed E-state index contributed by atoms with van der Waals surface area (Å²) in [7, 11) is 0. The molecule has 100 valence electrons. The minimum Gasteiger partial charge on any atom is -0.481 e. The Morgan fingerprint density at radius 2 is 1.94 bits per heavy atom. The molecule has 0 fully saturated rings. The summed E-state index contributed by atoms with van der Waals surface area (Å²) in [5.74, 6) is -1.72. The summed E-state index contributed by atoms with van der Waals surface area (Å²) in [5, 5.41) is 12.8. The number of rotatable bonds is 7. The van der Waals surface area contributed by atoms with Crippen LogP contribution in [0.4, 0.5) is 13.2 Å². The number of hydrogen-bond acceptors (Lipinski definition) is 3. The highest BCUT2D eigenvalue weighted by molar-refractivity contribution is 5.79. The van der Waals surface area contributed by atoms with Crippen LogP contribution in [0.2, 0.25) is 0 Å². The highest BCUT2D eigenvalue weighted by Crippen LogP contribution is 2.11. The lowest BCUT2D eigenvalue weighted by Crippen LogP contribution is -2.43. The van der Waals surface area contributed by atoms with E-state index in [9.17, 15) is 22.8 Å². The number of hydrogen-bond donors (Lipinski definition) is 3. The van der Waals surface area contributed by atoms with Gasteiger partial charge in [0.15, 0.2) is 0 Å². The van der Waals surface area contributed by atoms with Crippen LogP contribution in [0.3, 0.4) is 0 Å². The number of carbonyl (C=O) groups excluding carboxylic acids is 1. The van der Waals surface area contributed by atoms with Crippen molar-refractivity contribution in [2.45, 2.75) is 32.0 Å². The Kier molecular flexibility index (Phi) is 6.55. The monoisotopic (exact) mass is 256 g/mol. The van der Waals surface area contributed by atoms with Crippen LogP contribution in [-0.2, 0) is 9.59 Å². The van der Waals surface area contributed by atoms with Crippen molar-refractivity contribution in [2.24, 2.45) is 0 Å². The average molecular weight is 256 g/mol. The predicted octanol–water partition coefficient (Wildman–Crippen LogP) is 0.508. The molecule has 0 aromatic rings. The molecule has 5 nitrogen and oxygen atoms in total. The van der Waals surface area contributed by atoms with Crippen molar-refractivity contribution in [3.63, 3.8) is 0 Å². The van der Waals surface area contributed by atoms with Gasteiger partial charge in [0, 0.05) is 6.04 Å². The SMILES string of the molecule is CCC(CC(=O)O)NC(=O)CNCC(F)(F)F. The third kappa shape index (κ3) is 9.61. The summed E-state index contributed by atoms with van der Waals surface area (Å²) in [6.45, 7) is -0.0667. The van der Waals surface area contributed by atoms with E-state index in [4.69, 9.17) is 5.11 Å². The Morgan fingerprint density at radius 1 is 1.35 bits per heavy atom. The Bertz CT molecular complexity index is 269. The number of nitrogens with one attached hydrogen (secondary N) is 2. The van der Waals surface area contributed by atoms with Crippen molar-refractivity contribution in [3.8, 4) is 0 Å². The summed E-state index contributed by atoms with van der Waals surface area (Å²) in [4.78, 5) is 21.5. The van der Waals surface area contributed by atoms with Gasteiger partial charge in [0.1, 0.15) is 0 Å². The molecule has 0 spiro atoms. The van der Waals surface area contributed by atoms with Gasteiger partial charge in [0.05, 0.1) is 19.5 Å². The topological polar surface area (TPSA) is 78.4 Å². The van der Waals surface area contributed by atoms with Crippen LogP contribution in [0.15, 0.2) is 0 Å². The number of halogens is 3. The van der Waals surface area contributed by atoms with Gasteiger partial charge in [-0.15, -0.1) is 0 Å². The molecule has 0 saturated carbocycles. The number of amides is 1. The minimum absolute atomic E-state index is 0.249. The standard InChI is InChI=1S/C9H15F3N2O3/c1-2-6(3-8(16)17)14-7(15)4-13-5-9(10,11)12/h6,13H,2-5H2,1H3,(H,14,15)(H,16,17). The fraction of sp³-hybridized carbons (Fsp3) is 0.778. The first kappa shape index (κ1) is 15.7. The quantitative estimate of drug-likeness (QED) is 0.620. The van der Waals surface area contributed by atoms with Crippen LogP contribution in [0.5, 0.6) is 0 Å². The maximum atomic E-state index is 11.7. The number of carboxylic acids is 1. The summed E-state index contributed by atoms with van der Waals surface area (Å²) in [5.41, 5.74) is 0. The number of carbonyl (C=O) groups is 2. The number of alkyl halides is 3. The molecule has 1 amide bonds. The Balaban J connectivity index is 3.87. The summed E-state index contributed by atoms with van der Waals surface area (Å²) in [6.07, 6.45) is -4.22. The fourth-order valence-electron chi connectivity index (χ4n) is 1.10. The molecule has 0 heterocycles. The van der Waals surface area contributed by atoms with Gasteiger partial charge < -0.3 is 15.7 Å². The first-order valence-corrected chi connectivity index (χ1v) is 5.03. The highest BCUT2D eigenvalue weighted by atomic mass is 19.4. The molecule has 0 bridgehead atoms. The summed E-state index contributed by atoms with van der Waals surface area (Å²) in [6, 6.07) is -0.562. The molecule has 0 aliphatic rings. The van der Waals surface area contributed by atoms with E-state index in [-0.39, 0.29) is 6.42 Å². The predicted molar refractivity (Wildman–Crippen MR) is 53.4 cm³/mol. The average Bonchev–Trinajstić information content (AvgIpc) is 2.13. The molecule has 1 atom stereocenters. The lowest BCUT2D eigenvalue weighted by molar-refractivity contribution is -0.137. The van der Waals surface area contributed by atoms with Gasteiger partial charge in [-0.1, -0.05) is 6.92 Å². The normalized spacial score (nSPS) is 13.2. The van der Waals surface area contributed by atoms with E-state index in [1.807, 2.05) is 5.32 Å². The lowest BCUT2D eigenvalue weighted by atomic mass is 10.1. The minimum atomic E-state index is -4.37. The van der Waals surface area contributed by atoms with Gasteiger partial charge in [-0.2, -0.15) is 13.2 Å². The van der Waals surface area contributed by atoms with E-state index in [0.29, 0.717) is 6.42 Å². The molecular formula is C9H15F3N2O3. The summed E-state index contributed by atoms with van der Waals surface area (Å²) < 4.78 is 35.2. The second-order valence-corrected chi connectivity index (χ2v) is 3.49. The van der Waals surface area contributed by atoms with E-state index in [0.717, 1.165) is 0 Å².